The largest absolute Gasteiger partial charge is 0.298 e. The van der Waals surface area contributed by atoms with Crippen molar-refractivity contribution in [3.05, 3.63) is 0 Å². The van der Waals surface area contributed by atoms with Crippen molar-refractivity contribution in [3.8, 4) is 0 Å². The molecule has 0 atom stereocenters. The van der Waals surface area contributed by atoms with E-state index in [1.807, 2.05) is 0 Å². The van der Waals surface area contributed by atoms with Crippen molar-refractivity contribution in [2.24, 2.45) is 0 Å². The van der Waals surface area contributed by atoms with Gasteiger partial charge in [-0.2, -0.15) is 0 Å². The van der Waals surface area contributed by atoms with E-state index in [4.69, 9.17) is 11.6 Å². The molecule has 0 aromatic carbocycles. The van der Waals surface area contributed by atoms with E-state index in [0.29, 0.717) is 0 Å². The topological polar surface area (TPSA) is 17.1 Å². The third kappa shape index (κ3) is 5.48. The summed E-state index contributed by atoms with van der Waals surface area (Å²) in [6.07, 6.45) is 0. The Morgan fingerprint density at radius 1 is 1.67 bits per heavy atom. The van der Waals surface area contributed by atoms with Gasteiger partial charge in [-0.3, -0.25) is 4.57 Å². The third-order valence-corrected chi connectivity index (χ3v) is 4.66. The van der Waals surface area contributed by atoms with Gasteiger partial charge in [0.1, 0.15) is 0 Å². The van der Waals surface area contributed by atoms with Crippen LogP contribution in [0.15, 0.2) is 0 Å². The smallest absolute Gasteiger partial charge is 0.222 e. The fourth-order valence-electron chi connectivity index (χ4n) is 0. The van der Waals surface area contributed by atoms with Crippen LogP contribution in [0.5, 0.6) is 0 Å². The van der Waals surface area contributed by atoms with E-state index in [9.17, 15) is 4.57 Å². The average Bonchev–Trinajstić information content (AvgIpc) is 1.35. The number of alkyl halides is 1. The monoisotopic (exact) mass is 254 g/mol. The lowest BCUT2D eigenvalue weighted by atomic mass is 11.9. The molecule has 0 aliphatic heterocycles. The molecule has 38 valence electrons. The van der Waals surface area contributed by atoms with E-state index in [-0.39, 0.29) is 5.62 Å². The molecule has 0 rings (SSSR count). The molecule has 0 spiro atoms. The highest BCUT2D eigenvalue weighted by Gasteiger charge is 2.07. The zero-order valence-electron chi connectivity index (χ0n) is 2.70. The van der Waals surface area contributed by atoms with Crippen LogP contribution in [0.2, 0.25) is 0 Å². The Hall–Kier alpha value is 1.48. The zero-order valence-corrected chi connectivity index (χ0v) is 7.52. The van der Waals surface area contributed by atoms with Crippen molar-refractivity contribution in [1.29, 1.82) is 0 Å². The van der Waals surface area contributed by atoms with Crippen molar-refractivity contribution < 1.29 is 4.57 Å². The maximum atomic E-state index is 10.3. The Kier molecular flexibility index (Phi) is 3.37. The summed E-state index contributed by atoms with van der Waals surface area (Å²) in [4.78, 5) is 0. The fourth-order valence-corrected chi connectivity index (χ4v) is 0. The number of halogens is 3. The van der Waals surface area contributed by atoms with Crippen LogP contribution in [-0.4, -0.2) is 5.62 Å². The molecule has 0 aliphatic carbocycles. The molecule has 0 aromatic heterocycles. The van der Waals surface area contributed by atoms with Gasteiger partial charge in [0.15, 0.2) is 0 Å². The highest BCUT2D eigenvalue weighted by molar-refractivity contribution is 9.70. The number of rotatable bonds is 1. The molecule has 0 aromatic rings. The van der Waals surface area contributed by atoms with Crippen LogP contribution in [0.25, 0.3) is 0 Å². The van der Waals surface area contributed by atoms with Gasteiger partial charge in [0, 0.05) is 0 Å². The van der Waals surface area contributed by atoms with Gasteiger partial charge in [0.05, 0.1) is 5.62 Å². The normalized spacial score (nSPS) is 11.8. The molecule has 1 nitrogen and oxygen atoms in total. The quantitative estimate of drug-likeness (QED) is 0.520. The summed E-state index contributed by atoms with van der Waals surface area (Å²) in [5.41, 5.74) is 0.132. The van der Waals surface area contributed by atoms with Crippen LogP contribution in [-0.2, 0) is 4.57 Å². The van der Waals surface area contributed by atoms with Gasteiger partial charge < -0.3 is 0 Å². The molecule has 0 heterocycles. The first-order valence-corrected chi connectivity index (χ1v) is 7.57. The molecule has 0 bridgehead atoms. The van der Waals surface area contributed by atoms with Crippen LogP contribution in [0.4, 0.5) is 0 Å². The minimum atomic E-state index is -2.26. The zero-order chi connectivity index (χ0) is 5.21. The Balaban J connectivity index is 3.48. The molecule has 5 heteroatoms. The predicted octanol–water partition coefficient (Wildman–Crippen LogP) is 3.17. The van der Waals surface area contributed by atoms with Crippen LogP contribution >= 0.6 is 47.1 Å². The van der Waals surface area contributed by atoms with E-state index in [0.717, 1.165) is 0 Å². The Bertz CT molecular complexity index is 77.6. The molecular formula is CH2Br2ClOP. The second kappa shape index (κ2) is 2.71. The van der Waals surface area contributed by atoms with Crippen molar-refractivity contribution >= 4 is 47.1 Å². The van der Waals surface area contributed by atoms with Gasteiger partial charge in [-0.15, -0.1) is 11.6 Å². The van der Waals surface area contributed by atoms with Crippen LogP contribution < -0.4 is 0 Å². The van der Waals surface area contributed by atoms with E-state index in [2.05, 4.69) is 31.0 Å². The summed E-state index contributed by atoms with van der Waals surface area (Å²) in [7, 11) is 0. The van der Waals surface area contributed by atoms with Crippen LogP contribution in [0.3, 0.4) is 0 Å². The predicted molar refractivity (Wildman–Crippen MR) is 36.2 cm³/mol. The maximum Gasteiger partial charge on any atom is 0.222 e. The fraction of sp³-hybridized carbons (Fsp3) is 1.00. The van der Waals surface area contributed by atoms with Gasteiger partial charge in [-0.05, 0) is 31.0 Å². The van der Waals surface area contributed by atoms with Crippen molar-refractivity contribution in [3.63, 3.8) is 0 Å². The lowest BCUT2D eigenvalue weighted by Crippen LogP contribution is -1.51. The minimum Gasteiger partial charge on any atom is -0.298 e. The van der Waals surface area contributed by atoms with Crippen molar-refractivity contribution in [1.82, 2.24) is 0 Å². The Morgan fingerprint density at radius 3 is 1.83 bits per heavy atom. The van der Waals surface area contributed by atoms with E-state index in [1.165, 1.54) is 0 Å². The van der Waals surface area contributed by atoms with Gasteiger partial charge in [0.2, 0.25) is 4.55 Å². The minimum absolute atomic E-state index is 0.132. The standard InChI is InChI=1S/CH2Br2ClOP/c2-6(3,5)1-4/h1H2. The first kappa shape index (κ1) is 7.48. The summed E-state index contributed by atoms with van der Waals surface area (Å²) in [5.74, 6) is 0. The number of hydrogen-bond acceptors (Lipinski definition) is 1. The molecule has 0 fully saturated rings. The first-order valence-electron chi connectivity index (χ1n) is 1.10. The molecule has 6 heavy (non-hydrogen) atoms. The molecule has 0 saturated heterocycles. The van der Waals surface area contributed by atoms with E-state index in [1.54, 1.807) is 0 Å². The van der Waals surface area contributed by atoms with Gasteiger partial charge in [0.25, 0.3) is 0 Å². The lowest BCUT2D eigenvalue weighted by molar-refractivity contribution is 0.597. The number of hydrogen-bond donors (Lipinski definition) is 0. The van der Waals surface area contributed by atoms with Gasteiger partial charge in [-0.25, -0.2) is 0 Å². The second-order valence-corrected chi connectivity index (χ2v) is 12.5. The summed E-state index contributed by atoms with van der Waals surface area (Å²) >= 11 is 10.8. The SMILES string of the molecule is O=P(Br)(Br)CCl. The summed E-state index contributed by atoms with van der Waals surface area (Å²) in [5, 5.41) is 0. The first-order chi connectivity index (χ1) is 2.56. The molecule has 0 unspecified atom stereocenters. The van der Waals surface area contributed by atoms with E-state index < -0.39 is 4.55 Å². The van der Waals surface area contributed by atoms with Crippen molar-refractivity contribution in [2.75, 3.05) is 5.62 Å². The molecule has 0 aliphatic rings. The Morgan fingerprint density at radius 2 is 1.83 bits per heavy atom. The molecule has 0 N–H and O–H groups in total. The summed E-state index contributed by atoms with van der Waals surface area (Å²) in [6, 6.07) is 0. The van der Waals surface area contributed by atoms with Crippen molar-refractivity contribution in [2.45, 2.75) is 0 Å². The van der Waals surface area contributed by atoms with Gasteiger partial charge in [-0.1, -0.05) is 0 Å². The highest BCUT2D eigenvalue weighted by atomic mass is 79.9. The molecule has 0 saturated carbocycles. The lowest BCUT2D eigenvalue weighted by Gasteiger charge is -1.88. The molecular weight excluding hydrogens is 254 g/mol. The van der Waals surface area contributed by atoms with Crippen LogP contribution in [0, 0.1) is 0 Å². The Labute approximate surface area is 57.3 Å². The highest BCUT2D eigenvalue weighted by Crippen LogP contribution is 2.61. The summed E-state index contributed by atoms with van der Waals surface area (Å²) in [6.45, 7) is 0. The van der Waals surface area contributed by atoms with Crippen LogP contribution in [0.1, 0.15) is 0 Å². The summed E-state index contributed by atoms with van der Waals surface area (Å²) < 4.78 is 8.03. The second-order valence-electron chi connectivity index (χ2n) is 0.690. The molecule has 0 amide bonds. The van der Waals surface area contributed by atoms with E-state index >= 15 is 0 Å². The maximum absolute atomic E-state index is 10.3. The third-order valence-electron chi connectivity index (χ3n) is 0.139. The average molecular weight is 256 g/mol. The molecule has 0 radical (unpaired) electrons. The van der Waals surface area contributed by atoms with Gasteiger partial charge >= 0.3 is 0 Å².